The third-order valence-electron chi connectivity index (χ3n) is 4.67. The van der Waals surface area contributed by atoms with Gasteiger partial charge in [-0.3, -0.25) is 9.69 Å². The summed E-state index contributed by atoms with van der Waals surface area (Å²) < 4.78 is 12.5. The molecule has 0 aliphatic rings. The number of para-hydroxylation sites is 1. The summed E-state index contributed by atoms with van der Waals surface area (Å²) in [5, 5.41) is 10.5. The molecule has 0 aliphatic carbocycles. The van der Waals surface area contributed by atoms with Crippen molar-refractivity contribution in [2.75, 3.05) is 13.3 Å². The van der Waals surface area contributed by atoms with Crippen LogP contribution in [-0.2, 0) is 19.1 Å². The Morgan fingerprint density at radius 3 is 2.44 bits per heavy atom. The van der Waals surface area contributed by atoms with Crippen LogP contribution in [0.3, 0.4) is 0 Å². The number of carbonyl (C=O) groups is 3. The Bertz CT molecular complexity index is 1090. The zero-order valence-corrected chi connectivity index (χ0v) is 21.7. The molecule has 0 unspecified atom stereocenters. The van der Waals surface area contributed by atoms with Crippen LogP contribution >= 0.6 is 0 Å². The van der Waals surface area contributed by atoms with Crippen molar-refractivity contribution in [2.24, 2.45) is 0 Å². The molecule has 1 heterocycles. The van der Waals surface area contributed by atoms with Gasteiger partial charge < -0.3 is 14.6 Å². The molecule has 0 fully saturated rings. The molecule has 34 heavy (non-hydrogen) atoms. The number of nitrogens with zero attached hydrogens (tertiary/aromatic N) is 2. The molecule has 9 heteroatoms. The lowest BCUT2D eigenvalue weighted by molar-refractivity contribution is -0.132. The minimum absolute atomic E-state index is 0.0449. The highest BCUT2D eigenvalue weighted by Crippen LogP contribution is 2.23. The van der Waals surface area contributed by atoms with Crippen LogP contribution in [-0.4, -0.2) is 60.1 Å². The van der Waals surface area contributed by atoms with E-state index in [9.17, 15) is 19.5 Å². The molecule has 0 bridgehead atoms. The first-order chi connectivity index (χ1) is 15.8. The average Bonchev–Trinajstić information content (AvgIpc) is 3.08. The first-order valence-corrected chi connectivity index (χ1v) is 14.8. The second-order valence-electron chi connectivity index (χ2n) is 10.1. The molecule has 0 spiro atoms. The first kappa shape index (κ1) is 27.1. The van der Waals surface area contributed by atoms with Gasteiger partial charge in [0.2, 0.25) is 6.41 Å². The van der Waals surface area contributed by atoms with Crippen molar-refractivity contribution in [3.63, 3.8) is 0 Å². The van der Waals surface area contributed by atoms with E-state index in [0.29, 0.717) is 24.2 Å². The van der Waals surface area contributed by atoms with E-state index in [1.807, 2.05) is 18.2 Å². The van der Waals surface area contributed by atoms with Crippen LogP contribution in [0.5, 0.6) is 0 Å². The number of ether oxygens (including phenoxy) is 2. The third-order valence-corrected chi connectivity index (χ3v) is 6.38. The highest BCUT2D eigenvalue weighted by Gasteiger charge is 2.21. The number of aromatic nitrogens is 1. The fourth-order valence-electron chi connectivity index (χ4n) is 2.98. The number of carboxylic acid groups (broad SMARTS) is 1. The molecule has 1 aromatic carbocycles. The van der Waals surface area contributed by atoms with Crippen LogP contribution in [0.1, 0.15) is 26.5 Å². The average molecular weight is 487 g/mol. The number of carboxylic acids is 1. The van der Waals surface area contributed by atoms with Crippen molar-refractivity contribution in [3.8, 4) is 0 Å². The highest BCUT2D eigenvalue weighted by molar-refractivity contribution is 6.76. The number of aliphatic carboxylic acids is 1. The molecule has 2 aromatic rings. The molecule has 0 aliphatic heterocycles. The normalized spacial score (nSPS) is 12.8. The van der Waals surface area contributed by atoms with Crippen LogP contribution in [0, 0.1) is 0 Å². The maximum atomic E-state index is 12.9. The van der Waals surface area contributed by atoms with Gasteiger partial charge in [0.05, 0.1) is 16.8 Å². The van der Waals surface area contributed by atoms with Gasteiger partial charge in [0.25, 0.3) is 0 Å². The van der Waals surface area contributed by atoms with Gasteiger partial charge in [-0.2, -0.15) is 0 Å². The zero-order valence-electron chi connectivity index (χ0n) is 20.7. The predicted molar refractivity (Wildman–Crippen MR) is 135 cm³/mol. The largest absolute Gasteiger partial charge is 0.478 e. The van der Waals surface area contributed by atoms with Crippen LogP contribution < -0.4 is 0 Å². The van der Waals surface area contributed by atoms with E-state index >= 15 is 0 Å². The summed E-state index contributed by atoms with van der Waals surface area (Å²) >= 11 is 0. The van der Waals surface area contributed by atoms with Gasteiger partial charge in [0, 0.05) is 26.3 Å². The maximum absolute atomic E-state index is 12.9. The second-order valence-corrected chi connectivity index (χ2v) is 15.8. The second kappa shape index (κ2) is 11.3. The molecule has 184 valence electrons. The molecule has 0 saturated carbocycles. The van der Waals surface area contributed by atoms with Gasteiger partial charge in [0.15, 0.2) is 0 Å². The van der Waals surface area contributed by atoms with Crippen LogP contribution in [0.4, 0.5) is 4.79 Å². The van der Waals surface area contributed by atoms with Crippen LogP contribution in [0.2, 0.25) is 25.7 Å². The fraction of sp³-hybridized carbons (Fsp3) is 0.400. The molecular formula is C25H34N2O6Si. The quantitative estimate of drug-likeness (QED) is 0.124. The Kier molecular flexibility index (Phi) is 9.00. The number of amides is 1. The van der Waals surface area contributed by atoms with Crippen LogP contribution in [0.15, 0.2) is 48.2 Å². The molecule has 8 nitrogen and oxygen atoms in total. The van der Waals surface area contributed by atoms with E-state index in [0.717, 1.165) is 16.3 Å². The monoisotopic (exact) mass is 486 g/mol. The minimum Gasteiger partial charge on any atom is -0.478 e. The Hall–Kier alpha value is -3.17. The Balaban J connectivity index is 2.31. The fourth-order valence-corrected chi connectivity index (χ4v) is 3.74. The van der Waals surface area contributed by atoms with E-state index in [1.165, 1.54) is 22.9 Å². The van der Waals surface area contributed by atoms with Gasteiger partial charge in [-0.15, -0.1) is 0 Å². The summed E-state index contributed by atoms with van der Waals surface area (Å²) in [7, 11) is -1.28. The van der Waals surface area contributed by atoms with Crippen LogP contribution in [0.25, 0.3) is 17.0 Å². The highest BCUT2D eigenvalue weighted by atomic mass is 28.3. The zero-order chi connectivity index (χ0) is 25.5. The summed E-state index contributed by atoms with van der Waals surface area (Å²) in [5.41, 5.74) is 0.256. The molecule has 2 rings (SSSR count). The van der Waals surface area contributed by atoms with Crippen molar-refractivity contribution in [1.82, 2.24) is 9.47 Å². The summed E-state index contributed by atoms with van der Waals surface area (Å²) in [6.07, 6.45) is 4.01. The first-order valence-electron chi connectivity index (χ1n) is 11.1. The van der Waals surface area contributed by atoms with E-state index in [4.69, 9.17) is 9.47 Å². The van der Waals surface area contributed by atoms with E-state index in [1.54, 1.807) is 32.9 Å². The number of benzene rings is 1. The van der Waals surface area contributed by atoms with Gasteiger partial charge >= 0.3 is 12.1 Å². The van der Waals surface area contributed by atoms with E-state index in [2.05, 4.69) is 19.6 Å². The minimum atomic E-state index is -1.28. The molecule has 1 amide bonds. The Morgan fingerprint density at radius 2 is 1.85 bits per heavy atom. The lowest BCUT2D eigenvalue weighted by atomic mass is 10.2. The standard InChI is InChI=1S/C25H34N2O6Si/c1-25(2,3)33-24(31)27-21(15-19-9-7-8-10-22(19)27)12-11-20(23(29)30)16-26(17-28)18-32-13-14-34(4,5)6/h7-12,15-17H,13-14,18H2,1-6H3,(H,29,30)/b12-11+,20-16+. The molecule has 1 aromatic heterocycles. The number of rotatable bonds is 10. The molecule has 0 atom stereocenters. The maximum Gasteiger partial charge on any atom is 0.419 e. The lowest BCUT2D eigenvalue weighted by Gasteiger charge is -2.20. The summed E-state index contributed by atoms with van der Waals surface area (Å²) in [6, 6.07) is 10.0. The summed E-state index contributed by atoms with van der Waals surface area (Å²) in [4.78, 5) is 37.3. The van der Waals surface area contributed by atoms with Crippen molar-refractivity contribution < 1.29 is 29.0 Å². The predicted octanol–water partition coefficient (Wildman–Crippen LogP) is 5.18. The number of hydrogen-bond acceptors (Lipinski definition) is 5. The number of carbonyl (C=O) groups excluding carboxylic acids is 2. The Morgan fingerprint density at radius 1 is 1.18 bits per heavy atom. The SMILES string of the molecule is CC(C)(C)OC(=O)n1c(/C=C/C(=C\N(C=O)COCC[Si](C)(C)C)C(=O)O)cc2ccccc21. The molecule has 1 N–H and O–H groups in total. The van der Waals surface area contributed by atoms with Gasteiger partial charge in [-0.25, -0.2) is 14.2 Å². The van der Waals surface area contributed by atoms with Crippen molar-refractivity contribution >= 4 is 43.5 Å². The van der Waals surface area contributed by atoms with Gasteiger partial charge in [-0.05, 0) is 51.1 Å². The third kappa shape index (κ3) is 8.31. The van der Waals surface area contributed by atoms with Gasteiger partial charge in [0.1, 0.15) is 12.3 Å². The molecule has 0 saturated heterocycles. The smallest absolute Gasteiger partial charge is 0.419 e. The van der Waals surface area contributed by atoms with Crippen molar-refractivity contribution in [3.05, 3.63) is 53.9 Å². The van der Waals surface area contributed by atoms with Crippen molar-refractivity contribution in [2.45, 2.75) is 52.1 Å². The molecule has 0 radical (unpaired) electrons. The van der Waals surface area contributed by atoms with E-state index in [-0.39, 0.29) is 12.3 Å². The van der Waals surface area contributed by atoms with Crippen molar-refractivity contribution in [1.29, 1.82) is 0 Å². The van der Waals surface area contributed by atoms with Gasteiger partial charge in [-0.1, -0.05) is 37.8 Å². The van der Waals surface area contributed by atoms with E-state index < -0.39 is 25.7 Å². The summed E-state index contributed by atoms with van der Waals surface area (Å²) in [6.45, 7) is 12.4. The topological polar surface area (TPSA) is 98.1 Å². The summed E-state index contributed by atoms with van der Waals surface area (Å²) in [5.74, 6) is -1.22. The number of hydrogen-bond donors (Lipinski definition) is 1. The Labute approximate surface area is 201 Å². The molecular weight excluding hydrogens is 452 g/mol. The number of fused-ring (bicyclic) bond motifs is 1. The lowest BCUT2D eigenvalue weighted by Crippen LogP contribution is -2.27.